The molecule has 0 bridgehead atoms. The van der Waals surface area contributed by atoms with E-state index in [1.165, 1.54) is 0 Å². The highest BCUT2D eigenvalue weighted by atomic mass is 16.5. The monoisotopic (exact) mass is 266 g/mol. The molecule has 1 aromatic rings. The average Bonchev–Trinajstić information content (AvgIpc) is 2.37. The van der Waals surface area contributed by atoms with E-state index in [2.05, 4.69) is 0 Å². The van der Waals surface area contributed by atoms with Gasteiger partial charge in [0.25, 0.3) is 0 Å². The first-order chi connectivity index (χ1) is 8.86. The Bertz CT molecular complexity index is 446. The van der Waals surface area contributed by atoms with Gasteiger partial charge in [0.1, 0.15) is 11.5 Å². The Morgan fingerprint density at radius 3 is 2.47 bits per heavy atom. The van der Waals surface area contributed by atoms with E-state index in [9.17, 15) is 9.90 Å². The van der Waals surface area contributed by atoms with Gasteiger partial charge in [0.15, 0.2) is 0 Å². The molecule has 0 saturated carbocycles. The van der Waals surface area contributed by atoms with E-state index in [0.29, 0.717) is 12.3 Å². The van der Waals surface area contributed by atoms with Gasteiger partial charge in [0, 0.05) is 31.8 Å². The summed E-state index contributed by atoms with van der Waals surface area (Å²) in [7, 11) is 6.87. The van der Waals surface area contributed by atoms with Crippen molar-refractivity contribution >= 4 is 5.91 Å². The molecule has 0 spiro atoms. The Kier molecular flexibility index (Phi) is 5.18. The molecule has 0 aliphatic rings. The summed E-state index contributed by atoms with van der Waals surface area (Å²) in [6.07, 6.45) is 0. The number of aromatic hydroxyl groups is 1. The number of hydrogen-bond donors (Lipinski definition) is 1. The van der Waals surface area contributed by atoms with Crippen molar-refractivity contribution in [2.45, 2.75) is 13.0 Å². The number of methoxy groups -OCH3 is 1. The minimum absolute atomic E-state index is 0.0300. The molecule has 0 aliphatic carbocycles. The zero-order chi connectivity index (χ0) is 14.6. The van der Waals surface area contributed by atoms with Crippen molar-refractivity contribution in [1.82, 2.24) is 9.80 Å². The van der Waals surface area contributed by atoms with Crippen LogP contribution in [0, 0.1) is 0 Å². The number of likely N-dealkylation sites (N-methyl/N-ethyl adjacent to an activating group) is 2. The third-order valence-corrected chi connectivity index (χ3v) is 3.23. The third kappa shape index (κ3) is 3.86. The van der Waals surface area contributed by atoms with Crippen LogP contribution < -0.4 is 4.74 Å². The molecule has 0 saturated heterocycles. The molecule has 0 heterocycles. The second-order valence-corrected chi connectivity index (χ2v) is 4.80. The van der Waals surface area contributed by atoms with E-state index in [4.69, 9.17) is 4.74 Å². The summed E-state index contributed by atoms with van der Waals surface area (Å²) in [5.41, 5.74) is 0.773. The molecule has 106 valence electrons. The van der Waals surface area contributed by atoms with Crippen molar-refractivity contribution in [2.75, 3.05) is 34.8 Å². The first kappa shape index (κ1) is 15.3. The molecule has 1 aromatic carbocycles. The van der Waals surface area contributed by atoms with Gasteiger partial charge in [-0.2, -0.15) is 0 Å². The summed E-state index contributed by atoms with van der Waals surface area (Å²) in [6, 6.07) is 5.13. The molecule has 5 nitrogen and oxygen atoms in total. The normalized spacial score (nSPS) is 12.3. The van der Waals surface area contributed by atoms with E-state index in [0.717, 1.165) is 5.56 Å². The lowest BCUT2D eigenvalue weighted by Crippen LogP contribution is -2.35. The van der Waals surface area contributed by atoms with Gasteiger partial charge >= 0.3 is 0 Å². The fourth-order valence-electron chi connectivity index (χ4n) is 1.73. The number of carbonyl (C=O) groups is 1. The number of benzene rings is 1. The lowest BCUT2D eigenvalue weighted by molar-refractivity contribution is -0.130. The summed E-state index contributed by atoms with van der Waals surface area (Å²) in [5, 5.41) is 9.98. The van der Waals surface area contributed by atoms with Gasteiger partial charge in [0.2, 0.25) is 5.91 Å². The number of carbonyl (C=O) groups excluding carboxylic acids is 1. The van der Waals surface area contributed by atoms with E-state index < -0.39 is 0 Å². The fourth-order valence-corrected chi connectivity index (χ4v) is 1.73. The number of phenols is 1. The Morgan fingerprint density at radius 2 is 2.00 bits per heavy atom. The van der Waals surface area contributed by atoms with E-state index in [-0.39, 0.29) is 17.7 Å². The number of ether oxygens (including phenoxy) is 1. The number of phenolic OH excluding ortho intramolecular Hbond substituents is 1. The zero-order valence-corrected chi connectivity index (χ0v) is 12.2. The van der Waals surface area contributed by atoms with Gasteiger partial charge in [-0.15, -0.1) is 0 Å². The molecule has 1 amide bonds. The minimum Gasteiger partial charge on any atom is -0.507 e. The second kappa shape index (κ2) is 6.43. The van der Waals surface area contributed by atoms with Crippen LogP contribution in [-0.4, -0.2) is 55.6 Å². The first-order valence-corrected chi connectivity index (χ1v) is 6.14. The summed E-state index contributed by atoms with van der Waals surface area (Å²) in [6.45, 7) is 2.25. The van der Waals surface area contributed by atoms with Crippen molar-refractivity contribution in [3.63, 3.8) is 0 Å². The molecule has 1 atom stereocenters. The SMILES string of the molecule is COc1ccc(C(C)N(C)CC(=O)N(C)C)c(O)c1. The van der Waals surface area contributed by atoms with E-state index in [1.807, 2.05) is 24.9 Å². The first-order valence-electron chi connectivity index (χ1n) is 6.14. The van der Waals surface area contributed by atoms with Gasteiger partial charge in [0.05, 0.1) is 13.7 Å². The standard InChI is InChI=1S/C14H22N2O3/c1-10(16(4)9-14(18)15(2)3)12-7-6-11(19-5)8-13(12)17/h6-8,10,17H,9H2,1-5H3. The topological polar surface area (TPSA) is 53.0 Å². The number of rotatable bonds is 5. The van der Waals surface area contributed by atoms with Crippen LogP contribution in [0.15, 0.2) is 18.2 Å². The molecule has 0 radical (unpaired) electrons. The maximum Gasteiger partial charge on any atom is 0.236 e. The minimum atomic E-state index is -0.0604. The number of amides is 1. The van der Waals surface area contributed by atoms with Crippen LogP contribution >= 0.6 is 0 Å². The van der Waals surface area contributed by atoms with Crippen molar-refractivity contribution in [3.8, 4) is 11.5 Å². The zero-order valence-electron chi connectivity index (χ0n) is 12.2. The summed E-state index contributed by atoms with van der Waals surface area (Å²) in [5.74, 6) is 0.818. The van der Waals surface area contributed by atoms with Gasteiger partial charge in [-0.05, 0) is 20.0 Å². The Balaban J connectivity index is 2.82. The van der Waals surface area contributed by atoms with Crippen LogP contribution in [0.5, 0.6) is 11.5 Å². The summed E-state index contributed by atoms with van der Waals surface area (Å²) >= 11 is 0. The third-order valence-electron chi connectivity index (χ3n) is 3.23. The number of nitrogens with zero attached hydrogens (tertiary/aromatic N) is 2. The van der Waals surface area contributed by atoms with Crippen LogP contribution in [0.1, 0.15) is 18.5 Å². The van der Waals surface area contributed by atoms with Crippen molar-refractivity contribution < 1.29 is 14.6 Å². The second-order valence-electron chi connectivity index (χ2n) is 4.80. The van der Waals surface area contributed by atoms with Gasteiger partial charge in [-0.1, -0.05) is 6.07 Å². The van der Waals surface area contributed by atoms with Crippen LogP contribution in [-0.2, 0) is 4.79 Å². The van der Waals surface area contributed by atoms with Crippen LogP contribution in [0.2, 0.25) is 0 Å². The van der Waals surface area contributed by atoms with Crippen molar-refractivity contribution in [2.24, 2.45) is 0 Å². The Morgan fingerprint density at radius 1 is 1.37 bits per heavy atom. The average molecular weight is 266 g/mol. The lowest BCUT2D eigenvalue weighted by Gasteiger charge is -2.26. The molecular formula is C14H22N2O3. The predicted molar refractivity (Wildman–Crippen MR) is 74.4 cm³/mol. The predicted octanol–water partition coefficient (Wildman–Crippen LogP) is 1.48. The molecule has 19 heavy (non-hydrogen) atoms. The Hall–Kier alpha value is -1.75. The van der Waals surface area contributed by atoms with Crippen LogP contribution in [0.25, 0.3) is 0 Å². The highest BCUT2D eigenvalue weighted by Gasteiger charge is 2.18. The molecule has 0 fully saturated rings. The maximum atomic E-state index is 11.7. The van der Waals surface area contributed by atoms with Gasteiger partial charge in [-0.3, -0.25) is 9.69 Å². The van der Waals surface area contributed by atoms with E-state index in [1.54, 1.807) is 38.2 Å². The quantitative estimate of drug-likeness (QED) is 0.877. The van der Waals surface area contributed by atoms with Crippen molar-refractivity contribution in [3.05, 3.63) is 23.8 Å². The fraction of sp³-hybridized carbons (Fsp3) is 0.500. The largest absolute Gasteiger partial charge is 0.507 e. The van der Waals surface area contributed by atoms with Gasteiger partial charge in [-0.25, -0.2) is 0 Å². The molecule has 1 rings (SSSR count). The van der Waals surface area contributed by atoms with Crippen LogP contribution in [0.3, 0.4) is 0 Å². The van der Waals surface area contributed by atoms with Crippen LogP contribution in [0.4, 0.5) is 0 Å². The summed E-state index contributed by atoms with van der Waals surface area (Å²) < 4.78 is 5.05. The molecular weight excluding hydrogens is 244 g/mol. The molecule has 5 heteroatoms. The summed E-state index contributed by atoms with van der Waals surface area (Å²) in [4.78, 5) is 15.1. The Labute approximate surface area is 114 Å². The van der Waals surface area contributed by atoms with Crippen molar-refractivity contribution in [1.29, 1.82) is 0 Å². The number of hydrogen-bond acceptors (Lipinski definition) is 4. The highest BCUT2D eigenvalue weighted by Crippen LogP contribution is 2.30. The smallest absolute Gasteiger partial charge is 0.236 e. The highest BCUT2D eigenvalue weighted by molar-refractivity contribution is 5.77. The van der Waals surface area contributed by atoms with E-state index >= 15 is 0 Å². The molecule has 1 unspecified atom stereocenters. The maximum absolute atomic E-state index is 11.7. The lowest BCUT2D eigenvalue weighted by atomic mass is 10.1. The van der Waals surface area contributed by atoms with Gasteiger partial charge < -0.3 is 14.7 Å². The molecule has 0 aromatic heterocycles. The molecule has 0 aliphatic heterocycles. The molecule has 1 N–H and O–H groups in total.